The fourth-order valence-electron chi connectivity index (χ4n) is 1.37. The summed E-state index contributed by atoms with van der Waals surface area (Å²) in [4.78, 5) is 13.5. The summed E-state index contributed by atoms with van der Waals surface area (Å²) >= 11 is 1.65. The zero-order valence-corrected chi connectivity index (χ0v) is 11.2. The number of hydrogen-bond acceptors (Lipinski definition) is 4. The average molecular weight is 256 g/mol. The largest absolute Gasteiger partial charge is 0.467 e. The number of amides is 1. The van der Waals surface area contributed by atoms with Crippen LogP contribution in [0.5, 0.6) is 0 Å². The van der Waals surface area contributed by atoms with Crippen LogP contribution in [0.2, 0.25) is 0 Å². The highest BCUT2D eigenvalue weighted by Crippen LogP contribution is 2.14. The first kappa shape index (κ1) is 14.1. The second-order valence-electron chi connectivity index (χ2n) is 4.03. The van der Waals surface area contributed by atoms with E-state index in [2.05, 4.69) is 6.92 Å². The summed E-state index contributed by atoms with van der Waals surface area (Å²) < 4.78 is 5.20. The first-order valence-corrected chi connectivity index (χ1v) is 6.76. The molecule has 96 valence electrons. The Morgan fingerprint density at radius 1 is 1.65 bits per heavy atom. The van der Waals surface area contributed by atoms with Crippen molar-refractivity contribution in [2.45, 2.75) is 25.1 Å². The fourth-order valence-corrected chi connectivity index (χ4v) is 2.32. The molecule has 0 bridgehead atoms. The molecule has 0 saturated heterocycles. The molecule has 0 aliphatic heterocycles. The van der Waals surface area contributed by atoms with E-state index in [-0.39, 0.29) is 5.91 Å². The summed E-state index contributed by atoms with van der Waals surface area (Å²) in [6, 6.07) is 3.69. The van der Waals surface area contributed by atoms with Gasteiger partial charge in [-0.1, -0.05) is 6.92 Å². The number of nitrogens with zero attached hydrogens (tertiary/aromatic N) is 1. The molecule has 1 atom stereocenters. The SMILES string of the molecule is CC(CCN)SCC(=O)N(C)Cc1ccco1. The fraction of sp³-hybridized carbons (Fsp3) is 0.583. The highest BCUT2D eigenvalue weighted by molar-refractivity contribution is 8.00. The van der Waals surface area contributed by atoms with Gasteiger partial charge in [-0.15, -0.1) is 11.8 Å². The van der Waals surface area contributed by atoms with Gasteiger partial charge in [0, 0.05) is 12.3 Å². The standard InChI is InChI=1S/C12H20N2O2S/c1-10(5-6-13)17-9-12(15)14(2)8-11-4-3-7-16-11/h3-4,7,10H,5-6,8-9,13H2,1-2H3. The summed E-state index contributed by atoms with van der Waals surface area (Å²) in [5.74, 6) is 1.43. The quantitative estimate of drug-likeness (QED) is 0.807. The van der Waals surface area contributed by atoms with E-state index in [0.29, 0.717) is 24.1 Å². The molecule has 5 heteroatoms. The topological polar surface area (TPSA) is 59.5 Å². The van der Waals surface area contributed by atoms with Crippen molar-refractivity contribution < 1.29 is 9.21 Å². The second kappa shape index (κ2) is 7.40. The Labute approximate surface area is 107 Å². The van der Waals surface area contributed by atoms with Gasteiger partial charge >= 0.3 is 0 Å². The van der Waals surface area contributed by atoms with Gasteiger partial charge in [-0.05, 0) is 25.1 Å². The van der Waals surface area contributed by atoms with Crippen LogP contribution in [0.15, 0.2) is 22.8 Å². The van der Waals surface area contributed by atoms with Gasteiger partial charge in [-0.25, -0.2) is 0 Å². The van der Waals surface area contributed by atoms with Gasteiger partial charge in [-0.3, -0.25) is 4.79 Å². The zero-order chi connectivity index (χ0) is 12.7. The Balaban J connectivity index is 2.27. The van der Waals surface area contributed by atoms with Gasteiger partial charge in [0.25, 0.3) is 0 Å². The van der Waals surface area contributed by atoms with Crippen LogP contribution in [-0.4, -0.2) is 35.4 Å². The predicted molar refractivity (Wildman–Crippen MR) is 70.8 cm³/mol. The maximum atomic E-state index is 11.8. The number of furan rings is 1. The van der Waals surface area contributed by atoms with Crippen molar-refractivity contribution in [1.29, 1.82) is 0 Å². The molecule has 1 heterocycles. The zero-order valence-electron chi connectivity index (χ0n) is 10.4. The van der Waals surface area contributed by atoms with Crippen LogP contribution in [0.3, 0.4) is 0 Å². The summed E-state index contributed by atoms with van der Waals surface area (Å²) in [6.07, 6.45) is 2.56. The normalized spacial score (nSPS) is 12.4. The first-order valence-electron chi connectivity index (χ1n) is 5.71. The number of hydrogen-bond donors (Lipinski definition) is 1. The van der Waals surface area contributed by atoms with E-state index in [4.69, 9.17) is 10.2 Å². The molecule has 1 amide bonds. The highest BCUT2D eigenvalue weighted by Gasteiger charge is 2.12. The molecule has 0 aliphatic rings. The monoisotopic (exact) mass is 256 g/mol. The van der Waals surface area contributed by atoms with Crippen LogP contribution >= 0.6 is 11.8 Å². The van der Waals surface area contributed by atoms with Crippen molar-refractivity contribution in [3.8, 4) is 0 Å². The van der Waals surface area contributed by atoms with E-state index in [9.17, 15) is 4.79 Å². The molecular weight excluding hydrogens is 236 g/mol. The third-order valence-electron chi connectivity index (χ3n) is 2.46. The number of nitrogens with two attached hydrogens (primary N) is 1. The van der Waals surface area contributed by atoms with Crippen molar-refractivity contribution in [3.63, 3.8) is 0 Å². The van der Waals surface area contributed by atoms with Crippen molar-refractivity contribution >= 4 is 17.7 Å². The molecule has 0 aliphatic carbocycles. The molecule has 1 aromatic rings. The van der Waals surface area contributed by atoms with Crippen molar-refractivity contribution in [2.75, 3.05) is 19.3 Å². The lowest BCUT2D eigenvalue weighted by Gasteiger charge is -2.17. The Hall–Kier alpha value is -0.940. The van der Waals surface area contributed by atoms with E-state index in [1.165, 1.54) is 0 Å². The first-order chi connectivity index (χ1) is 8.13. The van der Waals surface area contributed by atoms with Crippen LogP contribution in [0.4, 0.5) is 0 Å². The van der Waals surface area contributed by atoms with Gasteiger partial charge in [0.1, 0.15) is 5.76 Å². The van der Waals surface area contributed by atoms with E-state index >= 15 is 0 Å². The van der Waals surface area contributed by atoms with E-state index in [0.717, 1.165) is 12.2 Å². The minimum absolute atomic E-state index is 0.121. The van der Waals surface area contributed by atoms with E-state index in [1.807, 2.05) is 12.1 Å². The van der Waals surface area contributed by atoms with Gasteiger partial charge in [0.15, 0.2) is 0 Å². The maximum absolute atomic E-state index is 11.8. The van der Waals surface area contributed by atoms with Crippen LogP contribution in [0.1, 0.15) is 19.1 Å². The lowest BCUT2D eigenvalue weighted by atomic mass is 10.3. The van der Waals surface area contributed by atoms with Crippen LogP contribution in [0, 0.1) is 0 Å². The molecule has 0 aromatic carbocycles. The Kier molecular flexibility index (Phi) is 6.15. The Bertz CT molecular complexity index is 327. The number of carbonyl (C=O) groups excluding carboxylic acids is 1. The average Bonchev–Trinajstić information content (AvgIpc) is 2.79. The summed E-state index contributed by atoms with van der Waals surface area (Å²) in [7, 11) is 1.79. The van der Waals surface area contributed by atoms with Crippen LogP contribution in [0.25, 0.3) is 0 Å². The lowest BCUT2D eigenvalue weighted by molar-refractivity contribution is -0.127. The molecule has 1 aromatic heterocycles. The second-order valence-corrected chi connectivity index (χ2v) is 5.45. The third-order valence-corrected chi connectivity index (χ3v) is 3.68. The summed E-state index contributed by atoms with van der Waals surface area (Å²) in [6.45, 7) is 3.29. The minimum Gasteiger partial charge on any atom is -0.467 e. The van der Waals surface area contributed by atoms with E-state index < -0.39 is 0 Å². The molecule has 17 heavy (non-hydrogen) atoms. The lowest BCUT2D eigenvalue weighted by Crippen LogP contribution is -2.28. The van der Waals surface area contributed by atoms with E-state index in [1.54, 1.807) is 30.0 Å². The summed E-state index contributed by atoms with van der Waals surface area (Å²) in [5, 5.41) is 0.431. The molecule has 1 unspecified atom stereocenters. The molecule has 4 nitrogen and oxygen atoms in total. The molecule has 0 spiro atoms. The third kappa shape index (κ3) is 5.28. The molecule has 0 saturated carbocycles. The van der Waals surface area contributed by atoms with Crippen LogP contribution in [-0.2, 0) is 11.3 Å². The van der Waals surface area contributed by atoms with Gasteiger partial charge in [-0.2, -0.15) is 0 Å². The smallest absolute Gasteiger partial charge is 0.232 e. The van der Waals surface area contributed by atoms with Gasteiger partial charge < -0.3 is 15.1 Å². The van der Waals surface area contributed by atoms with Crippen molar-refractivity contribution in [2.24, 2.45) is 5.73 Å². The Morgan fingerprint density at radius 2 is 2.41 bits per heavy atom. The van der Waals surface area contributed by atoms with Crippen molar-refractivity contribution in [3.05, 3.63) is 24.2 Å². The molecule has 2 N–H and O–H groups in total. The summed E-state index contributed by atoms with van der Waals surface area (Å²) in [5.41, 5.74) is 5.46. The van der Waals surface area contributed by atoms with Gasteiger partial charge in [0.05, 0.1) is 18.6 Å². The number of carbonyl (C=O) groups is 1. The van der Waals surface area contributed by atoms with Crippen LogP contribution < -0.4 is 5.73 Å². The maximum Gasteiger partial charge on any atom is 0.232 e. The molecule has 1 rings (SSSR count). The van der Waals surface area contributed by atoms with Gasteiger partial charge in [0.2, 0.25) is 5.91 Å². The predicted octanol–water partition coefficient (Wildman–Crippen LogP) is 1.71. The molecule has 0 radical (unpaired) electrons. The minimum atomic E-state index is 0.121. The number of thioether (sulfide) groups is 1. The molecule has 0 fully saturated rings. The molecular formula is C12H20N2O2S. The van der Waals surface area contributed by atoms with Crippen molar-refractivity contribution in [1.82, 2.24) is 4.90 Å². The highest BCUT2D eigenvalue weighted by atomic mass is 32.2. The Morgan fingerprint density at radius 3 is 3.00 bits per heavy atom. The number of rotatable bonds is 7.